The average Bonchev–Trinajstić information content (AvgIpc) is 1.94. The van der Waals surface area contributed by atoms with Crippen molar-refractivity contribution in [1.29, 1.82) is 0 Å². The highest BCUT2D eigenvalue weighted by Crippen LogP contribution is 2.00. The molecular formula is C6H6BrNO. The zero-order valence-electron chi connectivity index (χ0n) is 4.75. The molecule has 0 radical (unpaired) electrons. The maximum absolute atomic E-state index is 8.00. The van der Waals surface area contributed by atoms with Gasteiger partial charge in [-0.05, 0) is 28.1 Å². The van der Waals surface area contributed by atoms with Crippen molar-refractivity contribution in [3.05, 3.63) is 29.0 Å². The fourth-order valence-corrected chi connectivity index (χ4v) is 0.613. The summed E-state index contributed by atoms with van der Waals surface area (Å²) >= 11 is 3.20. The van der Waals surface area contributed by atoms with Gasteiger partial charge in [0.2, 0.25) is 0 Å². The van der Waals surface area contributed by atoms with Crippen LogP contribution in [0.3, 0.4) is 0 Å². The van der Waals surface area contributed by atoms with Gasteiger partial charge in [-0.15, -0.1) is 0 Å². The zero-order valence-corrected chi connectivity index (χ0v) is 6.34. The van der Waals surface area contributed by atoms with Gasteiger partial charge in [-0.25, -0.2) is 4.98 Å². The van der Waals surface area contributed by atoms with Crippen LogP contribution in [0.2, 0.25) is 0 Å². The Bertz CT molecular complexity index is 154. The van der Waals surface area contributed by atoms with Crippen molar-refractivity contribution in [3.8, 4) is 0 Å². The Morgan fingerprint density at radius 3 is 2.33 bits per heavy atom. The van der Waals surface area contributed by atoms with Gasteiger partial charge in [-0.3, -0.25) is 0 Å². The summed E-state index contributed by atoms with van der Waals surface area (Å²) in [5.41, 5.74) is 0. The van der Waals surface area contributed by atoms with Gasteiger partial charge in [-0.2, -0.15) is 0 Å². The number of carbonyl (C=O) groups excluding carboxylic acids is 1. The molecule has 0 N–H and O–H groups in total. The molecule has 0 amide bonds. The first-order chi connectivity index (χ1) is 4.39. The van der Waals surface area contributed by atoms with Crippen LogP contribution in [0.1, 0.15) is 0 Å². The van der Waals surface area contributed by atoms with E-state index in [-0.39, 0.29) is 0 Å². The topological polar surface area (TPSA) is 30.0 Å². The van der Waals surface area contributed by atoms with Gasteiger partial charge in [0.05, 0.1) is 0 Å². The van der Waals surface area contributed by atoms with Crippen LogP contribution in [-0.2, 0) is 4.79 Å². The summed E-state index contributed by atoms with van der Waals surface area (Å²) in [6.07, 6.45) is 1.74. The van der Waals surface area contributed by atoms with Gasteiger partial charge < -0.3 is 4.79 Å². The maximum atomic E-state index is 8.00. The van der Waals surface area contributed by atoms with Crippen LogP contribution in [0, 0.1) is 0 Å². The Morgan fingerprint density at radius 1 is 1.44 bits per heavy atom. The fourth-order valence-electron chi connectivity index (χ4n) is 0.342. The normalized spacial score (nSPS) is 7.22. The van der Waals surface area contributed by atoms with E-state index in [1.807, 2.05) is 25.0 Å². The Balaban J connectivity index is 0.000000291. The van der Waals surface area contributed by atoms with Gasteiger partial charge in [0.25, 0.3) is 0 Å². The molecule has 0 aliphatic rings. The largest absolute Gasteiger partial charge is 0.307 e. The van der Waals surface area contributed by atoms with E-state index in [0.29, 0.717) is 0 Å². The third-order valence-electron chi connectivity index (χ3n) is 0.629. The average molecular weight is 188 g/mol. The molecule has 0 saturated heterocycles. The van der Waals surface area contributed by atoms with Crippen LogP contribution >= 0.6 is 15.9 Å². The van der Waals surface area contributed by atoms with Crippen molar-refractivity contribution < 1.29 is 4.79 Å². The summed E-state index contributed by atoms with van der Waals surface area (Å²) in [6, 6.07) is 5.70. The minimum atomic E-state index is 0.884. The molecule has 0 aromatic carbocycles. The molecular weight excluding hydrogens is 182 g/mol. The van der Waals surface area contributed by atoms with Gasteiger partial charge in [0.15, 0.2) is 0 Å². The van der Waals surface area contributed by atoms with Crippen LogP contribution in [-0.4, -0.2) is 11.8 Å². The lowest BCUT2D eigenvalue weighted by Gasteiger charge is -1.80. The molecule has 0 saturated carbocycles. The molecule has 1 aromatic heterocycles. The predicted octanol–water partition coefficient (Wildman–Crippen LogP) is 1.66. The smallest absolute Gasteiger partial charge is 0.106 e. The first-order valence-corrected chi connectivity index (χ1v) is 3.04. The third kappa shape index (κ3) is 3.85. The molecule has 9 heavy (non-hydrogen) atoms. The first-order valence-electron chi connectivity index (χ1n) is 2.25. The molecule has 0 aliphatic heterocycles. The minimum Gasteiger partial charge on any atom is -0.307 e. The van der Waals surface area contributed by atoms with Gasteiger partial charge >= 0.3 is 0 Å². The molecule has 0 aliphatic carbocycles. The van der Waals surface area contributed by atoms with Crippen molar-refractivity contribution in [2.75, 3.05) is 0 Å². The monoisotopic (exact) mass is 187 g/mol. The molecule has 0 atom stereocenters. The second kappa shape index (κ2) is 5.44. The van der Waals surface area contributed by atoms with Crippen molar-refractivity contribution >= 4 is 22.7 Å². The molecule has 1 aromatic rings. The number of nitrogens with zero attached hydrogens (tertiary/aromatic N) is 1. The maximum Gasteiger partial charge on any atom is 0.106 e. The van der Waals surface area contributed by atoms with Crippen LogP contribution < -0.4 is 0 Å². The summed E-state index contributed by atoms with van der Waals surface area (Å²) in [5.74, 6) is 0. The second-order valence-corrected chi connectivity index (χ2v) is 1.96. The number of hydrogen-bond acceptors (Lipinski definition) is 2. The first kappa shape index (κ1) is 8.30. The fraction of sp³-hybridized carbons (Fsp3) is 0. The van der Waals surface area contributed by atoms with Gasteiger partial charge in [0.1, 0.15) is 11.4 Å². The SMILES string of the molecule is Brc1ccccn1.C=O. The quantitative estimate of drug-likeness (QED) is 0.579. The van der Waals surface area contributed by atoms with E-state index in [2.05, 4.69) is 20.9 Å². The van der Waals surface area contributed by atoms with Gasteiger partial charge in [0, 0.05) is 6.20 Å². The van der Waals surface area contributed by atoms with Crippen LogP contribution in [0.15, 0.2) is 29.0 Å². The predicted molar refractivity (Wildman–Crippen MR) is 39.1 cm³/mol. The third-order valence-corrected chi connectivity index (χ3v) is 1.10. The van der Waals surface area contributed by atoms with Crippen molar-refractivity contribution in [1.82, 2.24) is 4.98 Å². The van der Waals surface area contributed by atoms with E-state index >= 15 is 0 Å². The summed E-state index contributed by atoms with van der Waals surface area (Å²) in [5, 5.41) is 0. The highest BCUT2D eigenvalue weighted by molar-refractivity contribution is 9.10. The molecule has 48 valence electrons. The number of halogens is 1. The Labute approximate surface area is 62.1 Å². The number of pyridine rings is 1. The number of hydrogen-bond donors (Lipinski definition) is 0. The van der Waals surface area contributed by atoms with Crippen molar-refractivity contribution in [2.24, 2.45) is 0 Å². The molecule has 0 fully saturated rings. The molecule has 1 rings (SSSR count). The Morgan fingerprint density at radius 2 is 2.11 bits per heavy atom. The zero-order chi connectivity index (χ0) is 7.11. The highest BCUT2D eigenvalue weighted by atomic mass is 79.9. The number of carbonyl (C=O) groups is 1. The minimum absolute atomic E-state index is 0.884. The molecule has 1 heterocycles. The summed E-state index contributed by atoms with van der Waals surface area (Å²) in [7, 11) is 0. The lowest BCUT2D eigenvalue weighted by atomic mass is 10.5. The number of aromatic nitrogens is 1. The summed E-state index contributed by atoms with van der Waals surface area (Å²) in [4.78, 5) is 11.9. The van der Waals surface area contributed by atoms with Crippen LogP contribution in [0.4, 0.5) is 0 Å². The number of rotatable bonds is 0. The Kier molecular flexibility index (Phi) is 5.01. The summed E-state index contributed by atoms with van der Waals surface area (Å²) in [6.45, 7) is 2.00. The van der Waals surface area contributed by atoms with E-state index in [1.54, 1.807) is 6.20 Å². The molecule has 3 heteroatoms. The summed E-state index contributed by atoms with van der Waals surface area (Å²) < 4.78 is 0.884. The standard InChI is InChI=1S/C5H4BrN.CH2O/c6-5-3-1-2-4-7-5;1-2/h1-4H;1H2. The van der Waals surface area contributed by atoms with E-state index in [1.165, 1.54) is 0 Å². The molecule has 2 nitrogen and oxygen atoms in total. The lowest BCUT2D eigenvalue weighted by Crippen LogP contribution is -1.66. The van der Waals surface area contributed by atoms with E-state index in [0.717, 1.165) is 4.60 Å². The van der Waals surface area contributed by atoms with Crippen molar-refractivity contribution in [2.45, 2.75) is 0 Å². The van der Waals surface area contributed by atoms with E-state index in [9.17, 15) is 0 Å². The molecule has 0 spiro atoms. The second-order valence-electron chi connectivity index (χ2n) is 1.15. The molecule has 0 unspecified atom stereocenters. The lowest BCUT2D eigenvalue weighted by molar-refractivity contribution is -0.0979. The Hall–Kier alpha value is -0.700. The molecule has 0 bridgehead atoms. The van der Waals surface area contributed by atoms with Crippen molar-refractivity contribution in [3.63, 3.8) is 0 Å². The van der Waals surface area contributed by atoms with Crippen LogP contribution in [0.5, 0.6) is 0 Å². The van der Waals surface area contributed by atoms with Crippen LogP contribution in [0.25, 0.3) is 0 Å². The highest BCUT2D eigenvalue weighted by Gasteiger charge is 1.75. The van der Waals surface area contributed by atoms with Gasteiger partial charge in [-0.1, -0.05) is 6.07 Å². The van der Waals surface area contributed by atoms with E-state index in [4.69, 9.17) is 4.79 Å². The van der Waals surface area contributed by atoms with E-state index < -0.39 is 0 Å².